The SMILES string of the molecule is Cc1ccc(C2CCC(C#N)CN2)cc1. The molecule has 0 spiro atoms. The standard InChI is InChI=1S/C13H16N2/c1-10-2-5-12(6-3-10)13-7-4-11(8-14)9-15-13/h2-3,5-6,11,13,15H,4,7,9H2,1H3. The van der Waals surface area contributed by atoms with Crippen molar-refractivity contribution in [2.75, 3.05) is 6.54 Å². The molecule has 1 heterocycles. The Labute approximate surface area is 90.9 Å². The lowest BCUT2D eigenvalue weighted by Crippen LogP contribution is -2.32. The highest BCUT2D eigenvalue weighted by Gasteiger charge is 2.20. The van der Waals surface area contributed by atoms with E-state index in [4.69, 9.17) is 5.26 Å². The average Bonchev–Trinajstić information content (AvgIpc) is 2.30. The first-order valence-corrected chi connectivity index (χ1v) is 5.49. The molecule has 0 saturated carbocycles. The monoisotopic (exact) mass is 200 g/mol. The number of benzene rings is 1. The minimum Gasteiger partial charge on any atom is -0.309 e. The van der Waals surface area contributed by atoms with Gasteiger partial charge in [-0.25, -0.2) is 0 Å². The van der Waals surface area contributed by atoms with Gasteiger partial charge in [0, 0.05) is 12.6 Å². The highest BCUT2D eigenvalue weighted by molar-refractivity contribution is 5.24. The van der Waals surface area contributed by atoms with Crippen LogP contribution >= 0.6 is 0 Å². The second-order valence-corrected chi connectivity index (χ2v) is 4.27. The Kier molecular flexibility index (Phi) is 3.03. The Morgan fingerprint density at radius 3 is 2.53 bits per heavy atom. The van der Waals surface area contributed by atoms with Crippen LogP contribution in [-0.2, 0) is 0 Å². The summed E-state index contributed by atoms with van der Waals surface area (Å²) in [5.74, 6) is 0.201. The Morgan fingerprint density at radius 1 is 1.27 bits per heavy atom. The number of rotatable bonds is 1. The predicted molar refractivity (Wildman–Crippen MR) is 60.3 cm³/mol. The third kappa shape index (κ3) is 2.37. The fourth-order valence-electron chi connectivity index (χ4n) is 2.05. The second-order valence-electron chi connectivity index (χ2n) is 4.27. The number of nitriles is 1. The summed E-state index contributed by atoms with van der Waals surface area (Å²) in [4.78, 5) is 0. The summed E-state index contributed by atoms with van der Waals surface area (Å²) < 4.78 is 0. The van der Waals surface area contributed by atoms with E-state index in [-0.39, 0.29) is 5.92 Å². The first kappa shape index (κ1) is 10.2. The summed E-state index contributed by atoms with van der Waals surface area (Å²) in [6.07, 6.45) is 2.09. The zero-order valence-electron chi connectivity index (χ0n) is 9.03. The van der Waals surface area contributed by atoms with E-state index in [1.807, 2.05) is 0 Å². The lowest BCUT2D eigenvalue weighted by Gasteiger charge is -2.26. The Bertz CT molecular complexity index is 353. The third-order valence-corrected chi connectivity index (χ3v) is 3.08. The molecule has 78 valence electrons. The van der Waals surface area contributed by atoms with Gasteiger partial charge in [-0.15, -0.1) is 0 Å². The molecule has 1 aliphatic rings. The normalized spacial score (nSPS) is 25.9. The van der Waals surface area contributed by atoms with Crippen LogP contribution in [0.2, 0.25) is 0 Å². The van der Waals surface area contributed by atoms with E-state index in [0.717, 1.165) is 19.4 Å². The molecule has 0 radical (unpaired) electrons. The predicted octanol–water partition coefficient (Wildman–Crippen LogP) is 2.56. The van der Waals surface area contributed by atoms with Crippen molar-refractivity contribution in [1.82, 2.24) is 5.32 Å². The molecule has 2 atom stereocenters. The van der Waals surface area contributed by atoms with Gasteiger partial charge in [0.2, 0.25) is 0 Å². The quantitative estimate of drug-likeness (QED) is 0.756. The molecule has 0 aromatic heterocycles. The molecular weight excluding hydrogens is 184 g/mol. The maximum absolute atomic E-state index is 8.79. The van der Waals surface area contributed by atoms with Gasteiger partial charge in [-0.05, 0) is 25.3 Å². The molecule has 1 aromatic rings. The molecule has 2 nitrogen and oxygen atoms in total. The largest absolute Gasteiger partial charge is 0.309 e. The summed E-state index contributed by atoms with van der Waals surface area (Å²) in [6.45, 7) is 2.93. The van der Waals surface area contributed by atoms with Gasteiger partial charge in [0.1, 0.15) is 0 Å². The van der Waals surface area contributed by atoms with E-state index in [1.54, 1.807) is 0 Å². The van der Waals surface area contributed by atoms with Crippen molar-refractivity contribution in [3.63, 3.8) is 0 Å². The summed E-state index contributed by atoms with van der Waals surface area (Å²) in [7, 11) is 0. The highest BCUT2D eigenvalue weighted by atomic mass is 14.9. The van der Waals surface area contributed by atoms with E-state index >= 15 is 0 Å². The molecule has 1 fully saturated rings. The van der Waals surface area contributed by atoms with Crippen LogP contribution in [0, 0.1) is 24.2 Å². The number of hydrogen-bond donors (Lipinski definition) is 1. The molecule has 1 saturated heterocycles. The number of nitrogens with one attached hydrogen (secondary N) is 1. The van der Waals surface area contributed by atoms with Gasteiger partial charge in [-0.2, -0.15) is 5.26 Å². The zero-order chi connectivity index (χ0) is 10.7. The summed E-state index contributed by atoms with van der Waals surface area (Å²) in [5.41, 5.74) is 2.64. The first-order chi connectivity index (χ1) is 7.29. The van der Waals surface area contributed by atoms with Crippen LogP contribution in [0.5, 0.6) is 0 Å². The smallest absolute Gasteiger partial charge is 0.0669 e. The fourth-order valence-corrected chi connectivity index (χ4v) is 2.05. The molecule has 1 aromatic carbocycles. The van der Waals surface area contributed by atoms with Crippen molar-refractivity contribution in [2.24, 2.45) is 5.92 Å². The first-order valence-electron chi connectivity index (χ1n) is 5.49. The topological polar surface area (TPSA) is 35.8 Å². The molecule has 2 heteroatoms. The van der Waals surface area contributed by atoms with Crippen molar-refractivity contribution in [3.8, 4) is 6.07 Å². The zero-order valence-corrected chi connectivity index (χ0v) is 9.03. The van der Waals surface area contributed by atoms with Crippen molar-refractivity contribution < 1.29 is 0 Å². The van der Waals surface area contributed by atoms with Crippen molar-refractivity contribution >= 4 is 0 Å². The molecule has 15 heavy (non-hydrogen) atoms. The van der Waals surface area contributed by atoms with Crippen LogP contribution in [0.4, 0.5) is 0 Å². The number of nitrogens with zero attached hydrogens (tertiary/aromatic N) is 1. The van der Waals surface area contributed by atoms with E-state index in [1.165, 1.54) is 11.1 Å². The molecule has 2 rings (SSSR count). The third-order valence-electron chi connectivity index (χ3n) is 3.08. The van der Waals surface area contributed by atoms with Gasteiger partial charge in [0.25, 0.3) is 0 Å². The minimum atomic E-state index is 0.201. The molecule has 2 unspecified atom stereocenters. The lowest BCUT2D eigenvalue weighted by atomic mass is 9.91. The number of aryl methyl sites for hydroxylation is 1. The van der Waals surface area contributed by atoms with Crippen LogP contribution in [0.15, 0.2) is 24.3 Å². The Morgan fingerprint density at radius 2 is 2.00 bits per heavy atom. The molecular formula is C13H16N2. The maximum Gasteiger partial charge on any atom is 0.0669 e. The second kappa shape index (κ2) is 4.46. The Balaban J connectivity index is 2.02. The van der Waals surface area contributed by atoms with Gasteiger partial charge in [-0.3, -0.25) is 0 Å². The number of piperidine rings is 1. The van der Waals surface area contributed by atoms with Gasteiger partial charge in [0.15, 0.2) is 0 Å². The summed E-state index contributed by atoms with van der Waals surface area (Å²) in [5, 5.41) is 12.2. The van der Waals surface area contributed by atoms with E-state index in [2.05, 4.69) is 42.6 Å². The number of hydrogen-bond acceptors (Lipinski definition) is 2. The van der Waals surface area contributed by atoms with Crippen LogP contribution in [0.3, 0.4) is 0 Å². The van der Waals surface area contributed by atoms with Crippen molar-refractivity contribution in [3.05, 3.63) is 35.4 Å². The highest BCUT2D eigenvalue weighted by Crippen LogP contribution is 2.25. The van der Waals surface area contributed by atoms with E-state index in [9.17, 15) is 0 Å². The van der Waals surface area contributed by atoms with Crippen LogP contribution in [-0.4, -0.2) is 6.54 Å². The van der Waals surface area contributed by atoms with Gasteiger partial charge < -0.3 is 5.32 Å². The molecule has 0 aliphatic carbocycles. The summed E-state index contributed by atoms with van der Waals surface area (Å²) >= 11 is 0. The van der Waals surface area contributed by atoms with Gasteiger partial charge in [0.05, 0.1) is 12.0 Å². The minimum absolute atomic E-state index is 0.201. The van der Waals surface area contributed by atoms with Crippen LogP contribution in [0.1, 0.15) is 30.0 Å². The van der Waals surface area contributed by atoms with Crippen molar-refractivity contribution in [1.29, 1.82) is 5.26 Å². The van der Waals surface area contributed by atoms with Crippen molar-refractivity contribution in [2.45, 2.75) is 25.8 Å². The van der Waals surface area contributed by atoms with E-state index < -0.39 is 0 Å². The molecule has 1 aliphatic heterocycles. The lowest BCUT2D eigenvalue weighted by molar-refractivity contribution is 0.361. The molecule has 0 amide bonds. The van der Waals surface area contributed by atoms with Crippen LogP contribution in [0.25, 0.3) is 0 Å². The van der Waals surface area contributed by atoms with Gasteiger partial charge in [-0.1, -0.05) is 29.8 Å². The van der Waals surface area contributed by atoms with E-state index in [0.29, 0.717) is 6.04 Å². The molecule has 1 N–H and O–H groups in total. The fraction of sp³-hybridized carbons (Fsp3) is 0.462. The summed E-state index contributed by atoms with van der Waals surface area (Å²) in [6, 6.07) is 11.4. The maximum atomic E-state index is 8.79. The van der Waals surface area contributed by atoms with Gasteiger partial charge >= 0.3 is 0 Å². The molecule has 0 bridgehead atoms. The average molecular weight is 200 g/mol. The van der Waals surface area contributed by atoms with Crippen LogP contribution < -0.4 is 5.32 Å². The Hall–Kier alpha value is -1.33.